The number of benzene rings is 2. The minimum absolute atomic E-state index is 0.356. The third kappa shape index (κ3) is 3.48. The van der Waals surface area contributed by atoms with Gasteiger partial charge in [0.25, 0.3) is 0 Å². The molecular weight excluding hydrogens is 266 g/mol. The monoisotopic (exact) mass is 279 g/mol. The average Bonchev–Trinajstić information content (AvgIpc) is 2.53. The van der Waals surface area contributed by atoms with E-state index in [1.165, 1.54) is 12.4 Å². The first-order chi connectivity index (χ1) is 10.3. The maximum atomic E-state index is 5.70. The van der Waals surface area contributed by atoms with Crippen molar-refractivity contribution in [1.82, 2.24) is 9.97 Å². The molecule has 21 heavy (non-hydrogen) atoms. The van der Waals surface area contributed by atoms with Crippen molar-refractivity contribution in [1.29, 1.82) is 0 Å². The Kier molecular flexibility index (Phi) is 3.64. The zero-order valence-corrected chi connectivity index (χ0v) is 11.1. The van der Waals surface area contributed by atoms with Gasteiger partial charge in [0, 0.05) is 0 Å². The van der Waals surface area contributed by atoms with Crippen molar-refractivity contribution >= 4 is 5.82 Å². The van der Waals surface area contributed by atoms with Crippen LogP contribution in [0, 0.1) is 0 Å². The molecule has 0 aliphatic heterocycles. The van der Waals surface area contributed by atoms with E-state index in [0.29, 0.717) is 17.4 Å². The van der Waals surface area contributed by atoms with Gasteiger partial charge in [0.15, 0.2) is 0 Å². The Morgan fingerprint density at radius 3 is 1.90 bits per heavy atom. The molecule has 5 heteroatoms. The van der Waals surface area contributed by atoms with E-state index in [1.807, 2.05) is 42.5 Å². The number of para-hydroxylation sites is 1. The van der Waals surface area contributed by atoms with Gasteiger partial charge in [0.05, 0.1) is 12.4 Å². The number of hydrogen-bond acceptors (Lipinski definition) is 5. The summed E-state index contributed by atoms with van der Waals surface area (Å²) in [6.45, 7) is 0. The summed E-state index contributed by atoms with van der Waals surface area (Å²) >= 11 is 0. The first-order valence-corrected chi connectivity index (χ1v) is 6.38. The molecule has 0 unspecified atom stereocenters. The number of nitrogens with zero attached hydrogens (tertiary/aromatic N) is 2. The van der Waals surface area contributed by atoms with Crippen LogP contribution in [0.4, 0.5) is 5.82 Å². The molecule has 0 amide bonds. The van der Waals surface area contributed by atoms with Gasteiger partial charge >= 0.3 is 0 Å². The maximum absolute atomic E-state index is 5.70. The molecule has 0 atom stereocenters. The Labute approximate surface area is 122 Å². The van der Waals surface area contributed by atoms with Crippen LogP contribution in [0.2, 0.25) is 0 Å². The van der Waals surface area contributed by atoms with Gasteiger partial charge in [-0.1, -0.05) is 18.2 Å². The second-order valence-electron chi connectivity index (χ2n) is 4.27. The van der Waals surface area contributed by atoms with E-state index in [2.05, 4.69) is 9.97 Å². The van der Waals surface area contributed by atoms with Gasteiger partial charge in [-0.15, -0.1) is 0 Å². The molecule has 0 bridgehead atoms. The summed E-state index contributed by atoms with van der Waals surface area (Å²) in [4.78, 5) is 7.94. The van der Waals surface area contributed by atoms with Crippen molar-refractivity contribution in [2.24, 2.45) is 0 Å². The second kappa shape index (κ2) is 5.92. The van der Waals surface area contributed by atoms with E-state index in [-0.39, 0.29) is 0 Å². The lowest BCUT2D eigenvalue weighted by Gasteiger charge is -2.07. The molecule has 2 aromatic carbocycles. The van der Waals surface area contributed by atoms with Crippen LogP contribution in [-0.2, 0) is 0 Å². The third-order valence-corrected chi connectivity index (χ3v) is 2.67. The van der Waals surface area contributed by atoms with E-state index in [4.69, 9.17) is 15.2 Å². The first-order valence-electron chi connectivity index (χ1n) is 6.38. The molecule has 0 saturated carbocycles. The molecule has 3 aromatic rings. The maximum Gasteiger partial charge on any atom is 0.237 e. The number of aromatic nitrogens is 2. The fourth-order valence-corrected chi connectivity index (χ4v) is 1.70. The van der Waals surface area contributed by atoms with E-state index in [1.54, 1.807) is 12.1 Å². The highest BCUT2D eigenvalue weighted by Gasteiger charge is 2.01. The highest BCUT2D eigenvalue weighted by atomic mass is 16.5. The van der Waals surface area contributed by atoms with Crippen molar-refractivity contribution in [3.63, 3.8) is 0 Å². The van der Waals surface area contributed by atoms with Crippen molar-refractivity contribution in [3.05, 3.63) is 67.0 Å². The van der Waals surface area contributed by atoms with Crippen molar-refractivity contribution in [2.45, 2.75) is 0 Å². The van der Waals surface area contributed by atoms with Crippen LogP contribution in [0.15, 0.2) is 67.0 Å². The molecule has 0 aliphatic rings. The Balaban J connectivity index is 1.68. The number of nitrogen functional groups attached to an aromatic ring is 1. The van der Waals surface area contributed by atoms with Crippen LogP contribution in [0.1, 0.15) is 0 Å². The van der Waals surface area contributed by atoms with Gasteiger partial charge in [0.1, 0.15) is 23.1 Å². The third-order valence-electron chi connectivity index (χ3n) is 2.67. The average molecular weight is 279 g/mol. The van der Waals surface area contributed by atoms with Crippen molar-refractivity contribution in [2.75, 3.05) is 5.73 Å². The number of nitrogens with two attached hydrogens (primary N) is 1. The molecule has 0 spiro atoms. The lowest BCUT2D eigenvalue weighted by atomic mass is 10.3. The van der Waals surface area contributed by atoms with E-state index in [9.17, 15) is 0 Å². The van der Waals surface area contributed by atoms with Crippen LogP contribution in [0.25, 0.3) is 0 Å². The molecule has 0 radical (unpaired) electrons. The van der Waals surface area contributed by atoms with Crippen LogP contribution < -0.4 is 15.2 Å². The zero-order chi connectivity index (χ0) is 14.5. The fraction of sp³-hybridized carbons (Fsp3) is 0. The molecule has 5 nitrogen and oxygen atoms in total. The minimum atomic E-state index is 0.356. The number of anilines is 1. The summed E-state index contributed by atoms with van der Waals surface area (Å²) in [6.07, 6.45) is 2.92. The molecular formula is C16H13N3O2. The van der Waals surface area contributed by atoms with Crippen LogP contribution in [0.5, 0.6) is 23.1 Å². The standard InChI is InChI=1S/C16H13N3O2/c17-15-10-19-16(11-18-15)21-14-8-6-13(7-9-14)20-12-4-2-1-3-5-12/h1-11H,(H2,17,18). The number of hydrogen-bond donors (Lipinski definition) is 1. The molecule has 0 fully saturated rings. The topological polar surface area (TPSA) is 70.3 Å². The lowest BCUT2D eigenvalue weighted by Crippen LogP contribution is -1.93. The molecule has 104 valence electrons. The smallest absolute Gasteiger partial charge is 0.237 e. The van der Waals surface area contributed by atoms with Crippen LogP contribution in [0.3, 0.4) is 0 Å². The summed E-state index contributed by atoms with van der Waals surface area (Å²) in [5.74, 6) is 2.91. The normalized spacial score (nSPS) is 10.1. The van der Waals surface area contributed by atoms with Gasteiger partial charge in [0.2, 0.25) is 5.88 Å². The Morgan fingerprint density at radius 1 is 0.667 bits per heavy atom. The fourth-order valence-electron chi connectivity index (χ4n) is 1.70. The Hall–Kier alpha value is -3.08. The minimum Gasteiger partial charge on any atom is -0.457 e. The van der Waals surface area contributed by atoms with Crippen molar-refractivity contribution in [3.8, 4) is 23.1 Å². The SMILES string of the molecule is Nc1cnc(Oc2ccc(Oc3ccccc3)cc2)cn1. The molecule has 1 heterocycles. The summed E-state index contributed by atoms with van der Waals surface area (Å²) in [5.41, 5.74) is 5.47. The zero-order valence-electron chi connectivity index (χ0n) is 11.1. The van der Waals surface area contributed by atoms with Gasteiger partial charge < -0.3 is 15.2 Å². The molecule has 0 saturated heterocycles. The summed E-state index contributed by atoms with van der Waals surface area (Å²) in [5, 5.41) is 0. The van der Waals surface area contributed by atoms with E-state index in [0.717, 1.165) is 11.5 Å². The summed E-state index contributed by atoms with van der Waals surface area (Å²) in [6, 6.07) is 16.8. The van der Waals surface area contributed by atoms with Gasteiger partial charge in [-0.2, -0.15) is 0 Å². The Morgan fingerprint density at radius 2 is 1.29 bits per heavy atom. The van der Waals surface area contributed by atoms with Gasteiger partial charge in [-0.05, 0) is 36.4 Å². The van der Waals surface area contributed by atoms with Gasteiger partial charge in [-0.3, -0.25) is 0 Å². The van der Waals surface area contributed by atoms with Crippen molar-refractivity contribution < 1.29 is 9.47 Å². The summed E-state index contributed by atoms with van der Waals surface area (Å²) < 4.78 is 11.3. The van der Waals surface area contributed by atoms with E-state index >= 15 is 0 Å². The highest BCUT2D eigenvalue weighted by molar-refractivity contribution is 5.36. The predicted octanol–water partition coefficient (Wildman–Crippen LogP) is 3.64. The second-order valence-corrected chi connectivity index (χ2v) is 4.27. The van der Waals surface area contributed by atoms with E-state index < -0.39 is 0 Å². The largest absolute Gasteiger partial charge is 0.457 e. The quantitative estimate of drug-likeness (QED) is 0.789. The van der Waals surface area contributed by atoms with Crippen LogP contribution in [-0.4, -0.2) is 9.97 Å². The first kappa shape index (κ1) is 12.9. The Bertz CT molecular complexity index is 698. The highest BCUT2D eigenvalue weighted by Crippen LogP contribution is 2.25. The molecule has 3 rings (SSSR count). The number of rotatable bonds is 4. The predicted molar refractivity (Wildman–Crippen MR) is 79.5 cm³/mol. The van der Waals surface area contributed by atoms with Gasteiger partial charge in [-0.25, -0.2) is 9.97 Å². The molecule has 1 aromatic heterocycles. The lowest BCUT2D eigenvalue weighted by molar-refractivity contribution is 0.454. The van der Waals surface area contributed by atoms with Crippen LogP contribution >= 0.6 is 0 Å². The summed E-state index contributed by atoms with van der Waals surface area (Å²) in [7, 11) is 0. The number of ether oxygens (including phenoxy) is 2. The molecule has 0 aliphatic carbocycles. The molecule has 2 N–H and O–H groups in total.